The fourth-order valence-electron chi connectivity index (χ4n) is 5.86. The van der Waals surface area contributed by atoms with Crippen molar-refractivity contribution >= 4 is 10.9 Å². The second-order valence-corrected chi connectivity index (χ2v) is 10.4. The molecular weight excluding hydrogens is 466 g/mol. The van der Waals surface area contributed by atoms with Crippen LogP contribution in [0.4, 0.5) is 0 Å². The average molecular weight is 500 g/mol. The first-order valence-electron chi connectivity index (χ1n) is 13.3. The van der Waals surface area contributed by atoms with Crippen LogP contribution in [0.1, 0.15) is 73.1 Å². The van der Waals surface area contributed by atoms with Crippen LogP contribution in [0, 0.1) is 6.92 Å². The van der Waals surface area contributed by atoms with Crippen molar-refractivity contribution in [1.29, 1.82) is 0 Å². The zero-order valence-corrected chi connectivity index (χ0v) is 21.2. The van der Waals surface area contributed by atoms with E-state index < -0.39 is 6.04 Å². The maximum atomic E-state index is 13.7. The molecule has 1 aliphatic carbocycles. The van der Waals surface area contributed by atoms with E-state index >= 15 is 0 Å². The Morgan fingerprint density at radius 3 is 2.84 bits per heavy atom. The zero-order valence-electron chi connectivity index (χ0n) is 21.2. The summed E-state index contributed by atoms with van der Waals surface area (Å²) in [5.41, 5.74) is 3.54. The van der Waals surface area contributed by atoms with Gasteiger partial charge in [-0.15, -0.1) is 5.10 Å². The van der Waals surface area contributed by atoms with Crippen molar-refractivity contribution < 1.29 is 4.74 Å². The molecule has 6 rings (SSSR count). The molecule has 2 aliphatic rings. The minimum Gasteiger partial charge on any atom is -0.377 e. The van der Waals surface area contributed by atoms with Gasteiger partial charge in [-0.3, -0.25) is 14.7 Å². The van der Waals surface area contributed by atoms with Crippen LogP contribution in [-0.2, 0) is 11.3 Å². The standard InChI is InChI=1S/C28H33N7O2/c1-19-10-11-21-15-24(28(36)30-25(21)14-19)26(27-31-32-33-35(27)22-7-2-3-8-22)34(18-23-9-5-13-37-23)17-20-6-4-12-29-16-20/h4,6,10-12,14-16,22-23,26H,2-3,5,7-9,13,17-18H2,1H3,(H,30,36)/t23-,26+/m0/s1. The Morgan fingerprint density at radius 2 is 2.05 bits per heavy atom. The second kappa shape index (κ2) is 10.5. The lowest BCUT2D eigenvalue weighted by atomic mass is 10.0. The van der Waals surface area contributed by atoms with Crippen molar-refractivity contribution in [1.82, 2.24) is 35.1 Å². The summed E-state index contributed by atoms with van der Waals surface area (Å²) in [7, 11) is 0. The van der Waals surface area contributed by atoms with E-state index in [1.54, 1.807) is 6.20 Å². The molecule has 192 valence electrons. The molecule has 9 heteroatoms. The highest BCUT2D eigenvalue weighted by Gasteiger charge is 2.35. The lowest BCUT2D eigenvalue weighted by Crippen LogP contribution is -2.39. The fourth-order valence-corrected chi connectivity index (χ4v) is 5.86. The van der Waals surface area contributed by atoms with E-state index in [0.29, 0.717) is 24.5 Å². The van der Waals surface area contributed by atoms with Crippen molar-refractivity contribution in [3.8, 4) is 0 Å². The van der Waals surface area contributed by atoms with Crippen LogP contribution in [0.15, 0.2) is 53.6 Å². The zero-order chi connectivity index (χ0) is 25.2. The molecule has 0 amide bonds. The summed E-state index contributed by atoms with van der Waals surface area (Å²) >= 11 is 0. The monoisotopic (exact) mass is 499 g/mol. The highest BCUT2D eigenvalue weighted by atomic mass is 16.5. The number of rotatable bonds is 8. The molecule has 0 spiro atoms. The molecule has 37 heavy (non-hydrogen) atoms. The number of tetrazole rings is 1. The number of nitrogens with zero attached hydrogens (tertiary/aromatic N) is 6. The quantitative estimate of drug-likeness (QED) is 0.389. The normalized spacial score (nSPS) is 19.2. The maximum Gasteiger partial charge on any atom is 0.253 e. The first-order chi connectivity index (χ1) is 18.2. The van der Waals surface area contributed by atoms with E-state index in [9.17, 15) is 4.79 Å². The average Bonchev–Trinajstić information content (AvgIpc) is 3.68. The Kier molecular flexibility index (Phi) is 6.80. The second-order valence-electron chi connectivity index (χ2n) is 10.4. The number of hydrogen-bond donors (Lipinski definition) is 1. The number of fused-ring (bicyclic) bond motifs is 1. The minimum absolute atomic E-state index is 0.0946. The van der Waals surface area contributed by atoms with Gasteiger partial charge < -0.3 is 9.72 Å². The first-order valence-corrected chi connectivity index (χ1v) is 13.3. The molecule has 1 N–H and O–H groups in total. The Hall–Kier alpha value is -3.43. The topological polar surface area (TPSA) is 102 Å². The summed E-state index contributed by atoms with van der Waals surface area (Å²) in [6, 6.07) is 12.0. The predicted octanol–water partition coefficient (Wildman–Crippen LogP) is 4.10. The molecule has 0 radical (unpaired) electrons. The molecule has 2 fully saturated rings. The van der Waals surface area contributed by atoms with Crippen molar-refractivity contribution in [3.05, 3.63) is 81.7 Å². The highest BCUT2D eigenvalue weighted by molar-refractivity contribution is 5.79. The van der Waals surface area contributed by atoms with E-state index in [4.69, 9.17) is 4.74 Å². The number of aromatic amines is 1. The third-order valence-electron chi connectivity index (χ3n) is 7.69. The highest BCUT2D eigenvalue weighted by Crippen LogP contribution is 2.35. The van der Waals surface area contributed by atoms with E-state index in [1.165, 1.54) is 12.8 Å². The van der Waals surface area contributed by atoms with Crippen molar-refractivity contribution in [3.63, 3.8) is 0 Å². The van der Waals surface area contributed by atoms with Crippen molar-refractivity contribution in [2.75, 3.05) is 13.2 Å². The summed E-state index contributed by atoms with van der Waals surface area (Å²) in [5, 5.41) is 14.1. The number of nitrogens with one attached hydrogen (secondary N) is 1. The number of hydrogen-bond acceptors (Lipinski definition) is 7. The van der Waals surface area contributed by atoms with Gasteiger partial charge >= 0.3 is 0 Å². The van der Waals surface area contributed by atoms with Crippen LogP contribution in [0.2, 0.25) is 0 Å². The summed E-state index contributed by atoms with van der Waals surface area (Å²) in [4.78, 5) is 23.5. The van der Waals surface area contributed by atoms with Crippen LogP contribution in [0.3, 0.4) is 0 Å². The molecular formula is C28H33N7O2. The lowest BCUT2D eigenvalue weighted by Gasteiger charge is -2.33. The SMILES string of the molecule is Cc1ccc2cc([C@H](c3nnnn3C3CCCC3)N(Cc3cccnc3)C[C@@H]3CCCO3)c(=O)[nH]c2c1. The molecule has 9 nitrogen and oxygen atoms in total. The molecule has 3 aromatic heterocycles. The first kappa shape index (κ1) is 23.9. The van der Waals surface area contributed by atoms with E-state index in [-0.39, 0.29) is 17.7 Å². The van der Waals surface area contributed by atoms with Gasteiger partial charge in [0.2, 0.25) is 0 Å². The van der Waals surface area contributed by atoms with Crippen LogP contribution in [0.25, 0.3) is 10.9 Å². The van der Waals surface area contributed by atoms with E-state index in [1.807, 2.05) is 36.0 Å². The Morgan fingerprint density at radius 1 is 1.16 bits per heavy atom. The fraction of sp³-hybridized carbons (Fsp3) is 0.464. The van der Waals surface area contributed by atoms with E-state index in [0.717, 1.165) is 54.3 Å². The van der Waals surface area contributed by atoms with Crippen LogP contribution in [0.5, 0.6) is 0 Å². The van der Waals surface area contributed by atoms with Crippen LogP contribution in [-0.4, -0.2) is 54.3 Å². The Bertz CT molecular complexity index is 1410. The number of ether oxygens (including phenoxy) is 1. The molecule has 0 bridgehead atoms. The summed E-state index contributed by atoms with van der Waals surface area (Å²) in [6.45, 7) is 4.07. The minimum atomic E-state index is -0.436. The van der Waals surface area contributed by atoms with E-state index in [2.05, 4.69) is 48.6 Å². The molecule has 1 aromatic carbocycles. The van der Waals surface area contributed by atoms with Gasteiger partial charge in [-0.2, -0.15) is 0 Å². The van der Waals surface area contributed by atoms with Crippen LogP contribution < -0.4 is 5.56 Å². The Balaban J connectivity index is 1.50. The molecule has 4 heterocycles. The van der Waals surface area contributed by atoms with Gasteiger partial charge in [0, 0.05) is 43.2 Å². The third-order valence-corrected chi connectivity index (χ3v) is 7.69. The van der Waals surface area contributed by atoms with Gasteiger partial charge in [0.25, 0.3) is 5.56 Å². The third kappa shape index (κ3) is 5.06. The number of H-pyrrole nitrogens is 1. The summed E-state index contributed by atoms with van der Waals surface area (Å²) in [6.07, 6.45) is 10.2. The maximum absolute atomic E-state index is 13.7. The van der Waals surface area contributed by atoms with Crippen molar-refractivity contribution in [2.24, 2.45) is 0 Å². The Labute approximate surface area is 215 Å². The molecule has 0 unspecified atom stereocenters. The number of aromatic nitrogens is 6. The van der Waals surface area contributed by atoms with Gasteiger partial charge in [0.1, 0.15) is 6.04 Å². The van der Waals surface area contributed by atoms with Crippen molar-refractivity contribution in [2.45, 2.75) is 70.2 Å². The smallest absolute Gasteiger partial charge is 0.253 e. The summed E-state index contributed by atoms with van der Waals surface area (Å²) in [5.74, 6) is 0.714. The molecule has 1 aliphatic heterocycles. The van der Waals surface area contributed by atoms with Gasteiger partial charge in [0.15, 0.2) is 5.82 Å². The summed E-state index contributed by atoms with van der Waals surface area (Å²) < 4.78 is 8.04. The molecule has 4 aromatic rings. The molecule has 2 atom stereocenters. The van der Waals surface area contributed by atoms with Gasteiger partial charge in [0.05, 0.1) is 12.1 Å². The van der Waals surface area contributed by atoms with Gasteiger partial charge in [-0.05, 0) is 77.7 Å². The van der Waals surface area contributed by atoms with Crippen LogP contribution >= 0.6 is 0 Å². The number of aryl methyl sites for hydroxylation is 1. The predicted molar refractivity (Wildman–Crippen MR) is 140 cm³/mol. The van der Waals surface area contributed by atoms with Gasteiger partial charge in [-0.1, -0.05) is 31.0 Å². The molecule has 1 saturated carbocycles. The van der Waals surface area contributed by atoms with Gasteiger partial charge in [-0.25, -0.2) is 4.68 Å². The number of benzene rings is 1. The largest absolute Gasteiger partial charge is 0.377 e. The number of pyridine rings is 2. The lowest BCUT2D eigenvalue weighted by molar-refractivity contribution is 0.0569. The molecule has 1 saturated heterocycles.